The van der Waals surface area contributed by atoms with E-state index in [9.17, 15) is 4.79 Å². The molecule has 0 atom stereocenters. The molecule has 16 heavy (non-hydrogen) atoms. The fourth-order valence-electron chi connectivity index (χ4n) is 1.72. The molecule has 84 valence electrons. The molecule has 0 saturated heterocycles. The van der Waals surface area contributed by atoms with E-state index < -0.39 is 0 Å². The molecule has 0 N–H and O–H groups in total. The summed E-state index contributed by atoms with van der Waals surface area (Å²) in [6.07, 6.45) is 0. The van der Waals surface area contributed by atoms with E-state index in [1.807, 2.05) is 6.92 Å². The van der Waals surface area contributed by atoms with Gasteiger partial charge in [0.15, 0.2) is 0 Å². The van der Waals surface area contributed by atoms with Gasteiger partial charge in [-0.25, -0.2) is 9.78 Å². The maximum atomic E-state index is 11.8. The van der Waals surface area contributed by atoms with Gasteiger partial charge in [0.25, 0.3) is 0 Å². The summed E-state index contributed by atoms with van der Waals surface area (Å²) >= 11 is 3.29. The van der Waals surface area contributed by atoms with Crippen molar-refractivity contribution in [2.24, 2.45) is 4.99 Å². The lowest BCUT2D eigenvalue weighted by Crippen LogP contribution is -2.12. The summed E-state index contributed by atoms with van der Waals surface area (Å²) in [6, 6.07) is 1.68. The quantitative estimate of drug-likeness (QED) is 0.618. The lowest BCUT2D eigenvalue weighted by atomic mass is 10.0. The number of carbonyl (C=O) groups excluding carboxylic acids is 1. The Morgan fingerprint density at radius 2 is 2.38 bits per heavy atom. The van der Waals surface area contributed by atoms with Gasteiger partial charge in [-0.05, 0) is 35.8 Å². The molecule has 0 bridgehead atoms. The lowest BCUT2D eigenvalue weighted by molar-refractivity contribution is 0.0526. The van der Waals surface area contributed by atoms with Crippen LogP contribution < -0.4 is 0 Å². The van der Waals surface area contributed by atoms with E-state index in [1.165, 1.54) is 0 Å². The number of hydrogen-bond acceptors (Lipinski definition) is 4. The first-order chi connectivity index (χ1) is 7.63. The van der Waals surface area contributed by atoms with Gasteiger partial charge in [-0.1, -0.05) is 0 Å². The molecule has 0 aliphatic carbocycles. The Morgan fingerprint density at radius 1 is 1.62 bits per heavy atom. The predicted molar refractivity (Wildman–Crippen MR) is 63.8 cm³/mol. The monoisotopic (exact) mass is 282 g/mol. The third-order valence-corrected chi connectivity index (χ3v) is 2.79. The Labute approximate surface area is 102 Å². The van der Waals surface area contributed by atoms with E-state index in [0.717, 1.165) is 17.0 Å². The Hall–Kier alpha value is -1.23. The molecule has 0 amide bonds. The maximum Gasteiger partial charge on any atom is 0.338 e. The fourth-order valence-corrected chi connectivity index (χ4v) is 2.17. The van der Waals surface area contributed by atoms with Crippen molar-refractivity contribution >= 4 is 27.6 Å². The molecule has 1 aliphatic heterocycles. The molecule has 0 spiro atoms. The number of ether oxygens (including phenoxy) is 1. The molecule has 0 radical (unpaired) electrons. The zero-order chi connectivity index (χ0) is 11.7. The third kappa shape index (κ3) is 1.87. The molecular weight excluding hydrogens is 272 g/mol. The van der Waals surface area contributed by atoms with E-state index in [4.69, 9.17) is 4.74 Å². The highest BCUT2D eigenvalue weighted by atomic mass is 79.9. The number of rotatable bonds is 2. The SMILES string of the molecule is CCOC(=O)c1cc(Br)nc2c1C(C)=NC2. The molecule has 0 unspecified atom stereocenters. The Balaban J connectivity index is 2.52. The predicted octanol–water partition coefficient (Wildman–Crippen LogP) is 2.34. The van der Waals surface area contributed by atoms with Crippen LogP contribution in [-0.4, -0.2) is 23.3 Å². The molecule has 1 aliphatic rings. The van der Waals surface area contributed by atoms with E-state index in [0.29, 0.717) is 23.3 Å². The van der Waals surface area contributed by atoms with Gasteiger partial charge in [0.1, 0.15) is 4.60 Å². The van der Waals surface area contributed by atoms with Crippen LogP contribution in [0.15, 0.2) is 15.7 Å². The molecule has 0 saturated carbocycles. The number of pyridine rings is 1. The first-order valence-electron chi connectivity index (χ1n) is 5.01. The van der Waals surface area contributed by atoms with E-state index >= 15 is 0 Å². The summed E-state index contributed by atoms with van der Waals surface area (Å²) < 4.78 is 5.65. The third-order valence-electron chi connectivity index (χ3n) is 2.39. The standard InChI is InChI=1S/C11H11BrN2O2/c1-3-16-11(15)7-4-9(12)14-8-5-13-6(2)10(7)8/h4H,3,5H2,1-2H3. The van der Waals surface area contributed by atoms with Crippen molar-refractivity contribution in [1.82, 2.24) is 4.98 Å². The molecule has 0 fully saturated rings. The number of aliphatic imine (C=N–C) groups is 1. The topological polar surface area (TPSA) is 51.5 Å². The molecule has 1 aromatic rings. The van der Waals surface area contributed by atoms with Crippen molar-refractivity contribution in [2.75, 3.05) is 6.61 Å². The average molecular weight is 283 g/mol. The van der Waals surface area contributed by atoms with Crippen LogP contribution in [-0.2, 0) is 11.3 Å². The minimum Gasteiger partial charge on any atom is -0.462 e. The lowest BCUT2D eigenvalue weighted by Gasteiger charge is -2.08. The van der Waals surface area contributed by atoms with Crippen LogP contribution in [0.4, 0.5) is 0 Å². The van der Waals surface area contributed by atoms with Crippen molar-refractivity contribution in [1.29, 1.82) is 0 Å². The Kier molecular flexibility index (Phi) is 3.05. The number of hydrogen-bond donors (Lipinski definition) is 0. The first-order valence-corrected chi connectivity index (χ1v) is 5.80. The van der Waals surface area contributed by atoms with Crippen LogP contribution in [0.1, 0.15) is 35.5 Å². The van der Waals surface area contributed by atoms with Crippen molar-refractivity contribution in [3.63, 3.8) is 0 Å². The second-order valence-corrected chi connectivity index (χ2v) is 4.25. The van der Waals surface area contributed by atoms with Crippen LogP contribution >= 0.6 is 15.9 Å². The van der Waals surface area contributed by atoms with Gasteiger partial charge in [-0.2, -0.15) is 0 Å². The Morgan fingerprint density at radius 3 is 3.06 bits per heavy atom. The second kappa shape index (κ2) is 4.33. The number of esters is 1. The average Bonchev–Trinajstić information content (AvgIpc) is 2.59. The van der Waals surface area contributed by atoms with Crippen molar-refractivity contribution < 1.29 is 9.53 Å². The summed E-state index contributed by atoms with van der Waals surface area (Å²) in [6.45, 7) is 4.57. The summed E-state index contributed by atoms with van der Waals surface area (Å²) in [7, 11) is 0. The molecule has 1 aromatic heterocycles. The van der Waals surface area contributed by atoms with Crippen LogP contribution in [0, 0.1) is 0 Å². The van der Waals surface area contributed by atoms with Crippen molar-refractivity contribution in [3.8, 4) is 0 Å². The Bertz CT molecular complexity index is 483. The molecule has 0 aromatic carbocycles. The number of fused-ring (bicyclic) bond motifs is 1. The molecule has 4 nitrogen and oxygen atoms in total. The molecular formula is C11H11BrN2O2. The van der Waals surface area contributed by atoms with Crippen LogP contribution in [0.3, 0.4) is 0 Å². The fraction of sp³-hybridized carbons (Fsp3) is 0.364. The van der Waals surface area contributed by atoms with Gasteiger partial charge >= 0.3 is 5.97 Å². The van der Waals surface area contributed by atoms with Crippen LogP contribution in [0.5, 0.6) is 0 Å². The maximum absolute atomic E-state index is 11.8. The van der Waals surface area contributed by atoms with Gasteiger partial charge in [0.2, 0.25) is 0 Å². The van der Waals surface area contributed by atoms with Crippen LogP contribution in [0.2, 0.25) is 0 Å². The largest absolute Gasteiger partial charge is 0.462 e. The summed E-state index contributed by atoms with van der Waals surface area (Å²) in [4.78, 5) is 20.4. The molecule has 2 rings (SSSR count). The van der Waals surface area contributed by atoms with Gasteiger partial charge in [0.05, 0.1) is 24.4 Å². The van der Waals surface area contributed by atoms with Crippen molar-refractivity contribution in [3.05, 3.63) is 27.5 Å². The van der Waals surface area contributed by atoms with Gasteiger partial charge < -0.3 is 4.74 Å². The minimum atomic E-state index is -0.321. The summed E-state index contributed by atoms with van der Waals surface area (Å²) in [5.41, 5.74) is 3.03. The number of halogens is 1. The summed E-state index contributed by atoms with van der Waals surface area (Å²) in [5.74, 6) is -0.321. The summed E-state index contributed by atoms with van der Waals surface area (Å²) in [5, 5.41) is 0. The van der Waals surface area contributed by atoms with Gasteiger partial charge in [0, 0.05) is 11.3 Å². The van der Waals surface area contributed by atoms with Crippen molar-refractivity contribution in [2.45, 2.75) is 20.4 Å². The minimum absolute atomic E-state index is 0.321. The van der Waals surface area contributed by atoms with Gasteiger partial charge in [-0.15, -0.1) is 0 Å². The highest BCUT2D eigenvalue weighted by molar-refractivity contribution is 9.10. The normalized spacial score (nSPS) is 13.3. The number of aromatic nitrogens is 1. The zero-order valence-electron chi connectivity index (χ0n) is 9.08. The highest BCUT2D eigenvalue weighted by Crippen LogP contribution is 2.24. The smallest absolute Gasteiger partial charge is 0.338 e. The van der Waals surface area contributed by atoms with Crippen LogP contribution in [0.25, 0.3) is 0 Å². The second-order valence-electron chi connectivity index (χ2n) is 3.44. The molecule has 2 heterocycles. The first kappa shape index (κ1) is 11.3. The van der Waals surface area contributed by atoms with E-state index in [2.05, 4.69) is 25.9 Å². The zero-order valence-corrected chi connectivity index (χ0v) is 10.7. The van der Waals surface area contributed by atoms with E-state index in [1.54, 1.807) is 13.0 Å². The highest BCUT2D eigenvalue weighted by Gasteiger charge is 2.23. The van der Waals surface area contributed by atoms with E-state index in [-0.39, 0.29) is 5.97 Å². The number of nitrogens with zero attached hydrogens (tertiary/aromatic N) is 2. The molecule has 5 heteroatoms. The number of carbonyl (C=O) groups is 1. The van der Waals surface area contributed by atoms with Gasteiger partial charge in [-0.3, -0.25) is 4.99 Å².